The van der Waals surface area contributed by atoms with Crippen LogP contribution in [0.1, 0.15) is 26.7 Å². The quantitative estimate of drug-likeness (QED) is 0.321. The van der Waals surface area contributed by atoms with E-state index in [2.05, 4.69) is 26.0 Å². The number of rotatable bonds is 1. The Labute approximate surface area is 96.2 Å². The smallest absolute Gasteiger partial charge is 1.00 e. The summed E-state index contributed by atoms with van der Waals surface area (Å²) < 4.78 is 0. The Morgan fingerprint density at radius 3 is 2.18 bits per heavy atom. The molecule has 0 aromatic carbocycles. The molecule has 0 aliphatic heterocycles. The van der Waals surface area contributed by atoms with E-state index in [0.717, 1.165) is 12.8 Å². The van der Waals surface area contributed by atoms with Crippen LogP contribution >= 0.6 is 0 Å². The fraction of sp³-hybridized carbons (Fsp3) is 0.500. The Morgan fingerprint density at radius 1 is 1.45 bits per heavy atom. The molecule has 0 nitrogen and oxygen atoms in total. The molecule has 1 aliphatic rings. The van der Waals surface area contributed by atoms with Crippen LogP contribution in [0.2, 0.25) is 0 Å². The molecule has 0 aromatic rings. The van der Waals surface area contributed by atoms with Crippen LogP contribution in [0.25, 0.3) is 0 Å². The van der Waals surface area contributed by atoms with Crippen molar-refractivity contribution in [3.8, 4) is 0 Å². The second kappa shape index (κ2) is 8.87. The molecule has 0 spiro atoms. The zero-order valence-electron chi connectivity index (χ0n) is 6.75. The summed E-state index contributed by atoms with van der Waals surface area (Å²) in [7, 11) is 0. The minimum Gasteiger partial charge on any atom is -1.00 e. The van der Waals surface area contributed by atoms with Crippen LogP contribution in [0.4, 0.5) is 0 Å². The molecule has 0 amide bonds. The van der Waals surface area contributed by atoms with Crippen molar-refractivity contribution in [2.75, 3.05) is 0 Å². The van der Waals surface area contributed by atoms with Crippen LogP contribution in [0, 0.1) is 6.08 Å². The third-order valence-electron chi connectivity index (χ3n) is 1.55. The van der Waals surface area contributed by atoms with Gasteiger partial charge in [0.2, 0.25) is 0 Å². The molecule has 0 aromatic heterocycles. The van der Waals surface area contributed by atoms with Gasteiger partial charge in [0.05, 0.1) is 0 Å². The number of hydrogen-bond acceptors (Lipinski definition) is 0. The number of hydrogen-bond donors (Lipinski definition) is 0. The van der Waals surface area contributed by atoms with Crippen LogP contribution < -0.4 is 24.8 Å². The molecule has 3 heteroatoms. The van der Waals surface area contributed by atoms with Gasteiger partial charge in [0.1, 0.15) is 0 Å². The Hall–Kier alpha value is 0.774. The van der Waals surface area contributed by atoms with E-state index in [4.69, 9.17) is 0 Å². The summed E-state index contributed by atoms with van der Waals surface area (Å²) >= 11 is 0. The Morgan fingerprint density at radius 2 is 2.00 bits per heavy atom. The summed E-state index contributed by atoms with van der Waals surface area (Å²) in [5.41, 5.74) is 2.90. The molecule has 0 fully saturated rings. The average Bonchev–Trinajstić information content (AvgIpc) is 2.14. The molecule has 0 atom stereocenters. The van der Waals surface area contributed by atoms with Gasteiger partial charge in [0, 0.05) is 0 Å². The van der Waals surface area contributed by atoms with E-state index < -0.39 is 0 Å². The normalized spacial score (nSPS) is 13.3. The van der Waals surface area contributed by atoms with Crippen molar-refractivity contribution in [2.24, 2.45) is 0 Å². The van der Waals surface area contributed by atoms with Crippen molar-refractivity contribution in [3.63, 3.8) is 0 Å². The Bertz CT molecular complexity index is 150. The van der Waals surface area contributed by atoms with Gasteiger partial charge in [-0.1, -0.05) is 19.8 Å². The average molecular weight is 226 g/mol. The van der Waals surface area contributed by atoms with Crippen LogP contribution in [0.3, 0.4) is 0 Å². The van der Waals surface area contributed by atoms with Gasteiger partial charge in [0.25, 0.3) is 0 Å². The van der Waals surface area contributed by atoms with Crippen molar-refractivity contribution in [2.45, 2.75) is 26.7 Å². The Balaban J connectivity index is -0.000000213. The van der Waals surface area contributed by atoms with E-state index in [0.29, 0.717) is 0 Å². The molecule has 61 valence electrons. The van der Waals surface area contributed by atoms with Crippen molar-refractivity contribution < 1.29 is 46.5 Å². The van der Waals surface area contributed by atoms with E-state index in [1.807, 2.05) is 0 Å². The van der Waals surface area contributed by atoms with Crippen LogP contribution in [-0.4, -0.2) is 0 Å². The molecule has 0 heterocycles. The van der Waals surface area contributed by atoms with Crippen LogP contribution in [0.5, 0.6) is 0 Å². The van der Waals surface area contributed by atoms with Gasteiger partial charge in [-0.25, -0.2) is 11.1 Å². The molecule has 11 heavy (non-hydrogen) atoms. The van der Waals surface area contributed by atoms with Gasteiger partial charge < -0.3 is 24.8 Å². The largest absolute Gasteiger partial charge is 3.00 e. The van der Waals surface area contributed by atoms with Gasteiger partial charge in [-0.15, -0.1) is 6.92 Å². The molecule has 0 saturated carbocycles. The summed E-state index contributed by atoms with van der Waals surface area (Å²) in [6, 6.07) is 0. The van der Waals surface area contributed by atoms with E-state index in [-0.39, 0.29) is 46.5 Å². The third kappa shape index (κ3) is 5.08. The first-order valence-corrected chi connectivity index (χ1v) is 3.11. The van der Waals surface area contributed by atoms with Crippen LogP contribution in [-0.2, 0) is 21.7 Å². The van der Waals surface area contributed by atoms with Crippen molar-refractivity contribution in [3.05, 3.63) is 23.3 Å². The fourth-order valence-electron chi connectivity index (χ4n) is 0.978. The standard InChI is InChI=1S/C8H11.2ClH.Ti/c1-3-8-6-4-5-7(8)2;;;/h4H,3,5H2,1-2H3;2*1H;/q-1;;;+3/p-2. The molecule has 1 radical (unpaired) electrons. The van der Waals surface area contributed by atoms with E-state index in [9.17, 15) is 0 Å². The predicted molar refractivity (Wildman–Crippen MR) is 35.4 cm³/mol. The van der Waals surface area contributed by atoms with Gasteiger partial charge in [-0.2, -0.15) is 6.08 Å². The number of halogens is 2. The maximum Gasteiger partial charge on any atom is 3.00 e. The molecule has 0 saturated heterocycles. The Kier molecular flexibility index (Phi) is 14.3. The summed E-state index contributed by atoms with van der Waals surface area (Å²) in [6.07, 6.45) is 7.59. The van der Waals surface area contributed by atoms with Crippen LogP contribution in [0.15, 0.2) is 17.2 Å². The zero-order valence-corrected chi connectivity index (χ0v) is 9.82. The molecular formula is C8H11Cl2Ti. The van der Waals surface area contributed by atoms with Crippen molar-refractivity contribution in [1.29, 1.82) is 0 Å². The molecule has 0 bridgehead atoms. The molecule has 1 rings (SSSR count). The molecule has 0 N–H and O–H groups in total. The second-order valence-corrected chi connectivity index (χ2v) is 2.17. The minimum absolute atomic E-state index is 0. The number of allylic oxidation sites excluding steroid dienone is 4. The van der Waals surface area contributed by atoms with Gasteiger partial charge in [-0.3, -0.25) is 6.08 Å². The second-order valence-electron chi connectivity index (χ2n) is 2.17. The molecule has 0 unspecified atom stereocenters. The maximum absolute atomic E-state index is 3.21. The summed E-state index contributed by atoms with van der Waals surface area (Å²) in [4.78, 5) is 0. The maximum atomic E-state index is 3.21. The SMILES string of the molecule is CCC1=C(C)CC=[C-]1.[Cl-].[Cl-].[Ti+3]. The van der Waals surface area contributed by atoms with Gasteiger partial charge >= 0.3 is 21.7 Å². The van der Waals surface area contributed by atoms with Crippen molar-refractivity contribution >= 4 is 0 Å². The summed E-state index contributed by atoms with van der Waals surface area (Å²) in [5, 5.41) is 0. The molecular weight excluding hydrogens is 215 g/mol. The first kappa shape index (κ1) is 17.8. The zero-order chi connectivity index (χ0) is 5.98. The van der Waals surface area contributed by atoms with Gasteiger partial charge in [-0.05, 0) is 0 Å². The first-order valence-electron chi connectivity index (χ1n) is 3.11. The summed E-state index contributed by atoms with van der Waals surface area (Å²) in [5.74, 6) is 0. The monoisotopic (exact) mass is 225 g/mol. The van der Waals surface area contributed by atoms with E-state index in [1.165, 1.54) is 11.1 Å². The molecule has 1 aliphatic carbocycles. The fourth-order valence-corrected chi connectivity index (χ4v) is 0.978. The summed E-state index contributed by atoms with van der Waals surface area (Å²) in [6.45, 7) is 4.35. The predicted octanol–water partition coefficient (Wildman–Crippen LogP) is -3.52. The minimum atomic E-state index is 0. The van der Waals surface area contributed by atoms with Gasteiger partial charge in [0.15, 0.2) is 0 Å². The topological polar surface area (TPSA) is 0 Å². The van der Waals surface area contributed by atoms with E-state index in [1.54, 1.807) is 0 Å². The van der Waals surface area contributed by atoms with E-state index >= 15 is 0 Å². The van der Waals surface area contributed by atoms with Crippen molar-refractivity contribution in [1.82, 2.24) is 0 Å². The first-order chi connectivity index (χ1) is 3.84. The third-order valence-corrected chi connectivity index (χ3v) is 1.55.